The van der Waals surface area contributed by atoms with Gasteiger partial charge in [0.05, 0.1) is 27.4 Å². The van der Waals surface area contributed by atoms with Crippen LogP contribution in [0.5, 0.6) is 11.5 Å². The van der Waals surface area contributed by atoms with Gasteiger partial charge < -0.3 is 14.8 Å². The number of rotatable bonds is 9. The standard InChI is InChI=1S/C22H21Cl3N2O2/c1-2-28-21-11-16(12-26-13-17-5-3-4-8-27-17)10-20(25)22(21)29-14-15-6-7-18(23)19(24)9-15/h3-11,26H,2,12-14H2,1H3. The molecule has 152 valence electrons. The maximum atomic E-state index is 6.50. The average molecular weight is 452 g/mol. The van der Waals surface area contributed by atoms with Crippen LogP contribution >= 0.6 is 34.8 Å². The summed E-state index contributed by atoms with van der Waals surface area (Å²) in [6.45, 7) is 4.02. The Morgan fingerprint density at radius 2 is 1.69 bits per heavy atom. The van der Waals surface area contributed by atoms with E-state index >= 15 is 0 Å². The highest BCUT2D eigenvalue weighted by Gasteiger charge is 2.13. The van der Waals surface area contributed by atoms with Gasteiger partial charge in [-0.25, -0.2) is 0 Å². The Morgan fingerprint density at radius 3 is 2.41 bits per heavy atom. The highest BCUT2D eigenvalue weighted by Crippen LogP contribution is 2.37. The number of hydrogen-bond acceptors (Lipinski definition) is 4. The Hall–Kier alpha value is -1.98. The Kier molecular flexibility index (Phi) is 8.01. The van der Waals surface area contributed by atoms with Gasteiger partial charge in [-0.15, -0.1) is 0 Å². The van der Waals surface area contributed by atoms with Crippen LogP contribution in [0, 0.1) is 0 Å². The molecule has 0 bridgehead atoms. The van der Waals surface area contributed by atoms with Crippen LogP contribution in [0.4, 0.5) is 0 Å². The Labute approximate surface area is 185 Å². The van der Waals surface area contributed by atoms with E-state index in [0.29, 0.717) is 52.9 Å². The molecule has 1 N–H and O–H groups in total. The predicted molar refractivity (Wildman–Crippen MR) is 118 cm³/mol. The summed E-state index contributed by atoms with van der Waals surface area (Å²) in [6, 6.07) is 15.0. The van der Waals surface area contributed by atoms with Gasteiger partial charge in [-0.2, -0.15) is 0 Å². The van der Waals surface area contributed by atoms with Crippen molar-refractivity contribution in [1.82, 2.24) is 10.3 Å². The number of hydrogen-bond donors (Lipinski definition) is 1. The molecular formula is C22H21Cl3N2O2. The van der Waals surface area contributed by atoms with Gasteiger partial charge in [0.15, 0.2) is 11.5 Å². The summed E-state index contributed by atoms with van der Waals surface area (Å²) in [6.07, 6.45) is 1.78. The smallest absolute Gasteiger partial charge is 0.180 e. The lowest BCUT2D eigenvalue weighted by atomic mass is 10.2. The minimum Gasteiger partial charge on any atom is -0.490 e. The summed E-state index contributed by atoms with van der Waals surface area (Å²) >= 11 is 18.5. The molecule has 1 aromatic heterocycles. The number of benzene rings is 2. The van der Waals surface area contributed by atoms with E-state index in [1.165, 1.54) is 0 Å². The maximum Gasteiger partial charge on any atom is 0.180 e. The molecule has 0 aliphatic carbocycles. The zero-order chi connectivity index (χ0) is 20.6. The largest absolute Gasteiger partial charge is 0.490 e. The quantitative estimate of drug-likeness (QED) is 0.414. The van der Waals surface area contributed by atoms with Crippen molar-refractivity contribution in [3.63, 3.8) is 0 Å². The van der Waals surface area contributed by atoms with E-state index in [1.54, 1.807) is 18.3 Å². The van der Waals surface area contributed by atoms with Crippen LogP contribution in [-0.4, -0.2) is 11.6 Å². The van der Waals surface area contributed by atoms with E-state index < -0.39 is 0 Å². The van der Waals surface area contributed by atoms with Gasteiger partial charge in [0.1, 0.15) is 6.61 Å². The molecule has 1 heterocycles. The van der Waals surface area contributed by atoms with Crippen LogP contribution in [0.15, 0.2) is 54.7 Å². The van der Waals surface area contributed by atoms with E-state index in [4.69, 9.17) is 44.3 Å². The van der Waals surface area contributed by atoms with Crippen LogP contribution in [0.25, 0.3) is 0 Å². The summed E-state index contributed by atoms with van der Waals surface area (Å²) in [5.41, 5.74) is 2.86. The highest BCUT2D eigenvalue weighted by atomic mass is 35.5. The first kappa shape index (κ1) is 21.7. The summed E-state index contributed by atoms with van der Waals surface area (Å²) in [4.78, 5) is 4.30. The molecule has 0 amide bonds. The first-order valence-electron chi connectivity index (χ1n) is 9.19. The monoisotopic (exact) mass is 450 g/mol. The molecule has 0 fully saturated rings. The molecule has 7 heteroatoms. The van der Waals surface area contributed by atoms with Gasteiger partial charge in [-0.3, -0.25) is 4.98 Å². The number of nitrogens with zero attached hydrogens (tertiary/aromatic N) is 1. The Morgan fingerprint density at radius 1 is 0.862 bits per heavy atom. The van der Waals surface area contributed by atoms with E-state index in [-0.39, 0.29) is 0 Å². The number of aromatic nitrogens is 1. The van der Waals surface area contributed by atoms with Crippen molar-refractivity contribution >= 4 is 34.8 Å². The summed E-state index contributed by atoms with van der Waals surface area (Å²) in [5.74, 6) is 1.11. The van der Waals surface area contributed by atoms with Crippen LogP contribution < -0.4 is 14.8 Å². The molecule has 0 aliphatic rings. The Balaban J connectivity index is 1.69. The van der Waals surface area contributed by atoms with Gasteiger partial charge in [0.2, 0.25) is 0 Å². The normalized spacial score (nSPS) is 10.8. The lowest BCUT2D eigenvalue weighted by molar-refractivity contribution is 0.269. The molecule has 4 nitrogen and oxygen atoms in total. The molecule has 3 aromatic rings. The average Bonchev–Trinajstić information content (AvgIpc) is 2.71. The van der Waals surface area contributed by atoms with E-state index in [2.05, 4.69) is 10.3 Å². The second kappa shape index (κ2) is 10.7. The second-order valence-corrected chi connectivity index (χ2v) is 7.52. The van der Waals surface area contributed by atoms with Crippen molar-refractivity contribution in [2.24, 2.45) is 0 Å². The van der Waals surface area contributed by atoms with Crippen molar-refractivity contribution in [1.29, 1.82) is 0 Å². The molecule has 0 spiro atoms. The fraction of sp³-hybridized carbons (Fsp3) is 0.227. The third kappa shape index (κ3) is 6.25. The Bertz CT molecular complexity index is 952. The van der Waals surface area contributed by atoms with E-state index in [9.17, 15) is 0 Å². The van der Waals surface area contributed by atoms with Gasteiger partial charge in [-0.05, 0) is 54.4 Å². The predicted octanol–water partition coefficient (Wildman–Crippen LogP) is 6.31. The van der Waals surface area contributed by atoms with Crippen molar-refractivity contribution in [3.8, 4) is 11.5 Å². The first-order valence-corrected chi connectivity index (χ1v) is 10.3. The van der Waals surface area contributed by atoms with Gasteiger partial charge in [0, 0.05) is 19.3 Å². The summed E-state index contributed by atoms with van der Waals surface area (Å²) in [5, 5.41) is 4.84. The third-order valence-corrected chi connectivity index (χ3v) is 5.12. The van der Waals surface area contributed by atoms with Crippen molar-refractivity contribution < 1.29 is 9.47 Å². The van der Waals surface area contributed by atoms with Crippen molar-refractivity contribution in [2.45, 2.75) is 26.6 Å². The lowest BCUT2D eigenvalue weighted by Crippen LogP contribution is -2.14. The van der Waals surface area contributed by atoms with E-state index in [0.717, 1.165) is 16.8 Å². The van der Waals surface area contributed by atoms with Gasteiger partial charge in [0.25, 0.3) is 0 Å². The molecule has 0 saturated carbocycles. The third-order valence-electron chi connectivity index (χ3n) is 4.10. The number of ether oxygens (including phenoxy) is 2. The molecule has 2 aromatic carbocycles. The number of halogens is 3. The van der Waals surface area contributed by atoms with Crippen molar-refractivity contribution in [2.75, 3.05) is 6.61 Å². The molecule has 0 saturated heterocycles. The van der Waals surface area contributed by atoms with Crippen LogP contribution in [0.2, 0.25) is 15.1 Å². The maximum absolute atomic E-state index is 6.50. The van der Waals surface area contributed by atoms with Gasteiger partial charge in [-0.1, -0.05) is 46.9 Å². The molecule has 0 atom stereocenters. The molecule has 29 heavy (non-hydrogen) atoms. The van der Waals surface area contributed by atoms with Crippen molar-refractivity contribution in [3.05, 3.63) is 86.6 Å². The zero-order valence-electron chi connectivity index (χ0n) is 15.9. The second-order valence-electron chi connectivity index (χ2n) is 6.30. The lowest BCUT2D eigenvalue weighted by Gasteiger charge is -2.16. The molecule has 0 radical (unpaired) electrons. The molecule has 0 aliphatic heterocycles. The first-order chi connectivity index (χ1) is 14.1. The number of pyridine rings is 1. The highest BCUT2D eigenvalue weighted by molar-refractivity contribution is 6.42. The van der Waals surface area contributed by atoms with E-state index in [1.807, 2.05) is 43.3 Å². The summed E-state index contributed by atoms with van der Waals surface area (Å²) < 4.78 is 11.7. The zero-order valence-corrected chi connectivity index (χ0v) is 18.2. The molecular weight excluding hydrogens is 431 g/mol. The topological polar surface area (TPSA) is 43.4 Å². The SMILES string of the molecule is CCOc1cc(CNCc2ccccn2)cc(Cl)c1OCc1ccc(Cl)c(Cl)c1. The van der Waals surface area contributed by atoms with Crippen LogP contribution in [0.3, 0.4) is 0 Å². The molecule has 3 rings (SSSR count). The summed E-state index contributed by atoms with van der Waals surface area (Å²) in [7, 11) is 0. The number of nitrogens with one attached hydrogen (secondary N) is 1. The fourth-order valence-corrected chi connectivity index (χ4v) is 3.36. The minimum absolute atomic E-state index is 0.300. The van der Waals surface area contributed by atoms with Crippen LogP contribution in [0.1, 0.15) is 23.7 Å². The molecule has 0 unspecified atom stereocenters. The van der Waals surface area contributed by atoms with Crippen LogP contribution in [-0.2, 0) is 19.7 Å². The fourth-order valence-electron chi connectivity index (χ4n) is 2.75. The minimum atomic E-state index is 0.300. The van der Waals surface area contributed by atoms with Gasteiger partial charge >= 0.3 is 0 Å².